The number of nitrogens with zero attached hydrogens (tertiary/aromatic N) is 2. The molecule has 2 aliphatic rings. The summed E-state index contributed by atoms with van der Waals surface area (Å²) in [5.74, 6) is 0.136. The van der Waals surface area contributed by atoms with Crippen LogP contribution >= 0.6 is 11.6 Å². The number of ether oxygens (including phenoxy) is 3. The van der Waals surface area contributed by atoms with Gasteiger partial charge in [-0.25, -0.2) is 4.79 Å². The monoisotopic (exact) mass is 458 g/mol. The largest absolute Gasteiger partial charge is 0.480 e. The molecular weight excluding hydrogens is 436 g/mol. The number of rotatable bonds is 6. The van der Waals surface area contributed by atoms with E-state index >= 15 is 0 Å². The normalized spacial score (nSPS) is 17.7. The fourth-order valence-corrected chi connectivity index (χ4v) is 3.76. The second-order valence-corrected chi connectivity index (χ2v) is 8.14. The molecule has 4 rings (SSSR count). The third-order valence-corrected chi connectivity index (χ3v) is 5.80. The van der Waals surface area contributed by atoms with Crippen molar-refractivity contribution >= 4 is 29.4 Å². The smallest absolute Gasteiger partial charge is 0.338 e. The number of hydrogen-bond donors (Lipinski definition) is 0. The number of carbonyl (C=O) groups excluding carboxylic acids is 3. The van der Waals surface area contributed by atoms with Crippen molar-refractivity contribution in [1.29, 1.82) is 0 Å². The van der Waals surface area contributed by atoms with E-state index in [1.54, 1.807) is 41.1 Å². The standard InChI is InChI=1S/C23H23ClN2O6/c1-25-9-6-20(22(25)28)32-17-11-15(23(29)30-2)10-16(13-17)31-19-5-4-14(12-18(19)24)21(27)26-7-3-8-26/h4-5,10-13,20H,3,6-9H2,1-2H3. The van der Waals surface area contributed by atoms with Crippen LogP contribution < -0.4 is 9.47 Å². The Labute approximate surface area is 190 Å². The van der Waals surface area contributed by atoms with Crippen LogP contribution in [0.4, 0.5) is 0 Å². The van der Waals surface area contributed by atoms with Crippen LogP contribution in [0, 0.1) is 0 Å². The number of benzene rings is 2. The number of halogens is 1. The summed E-state index contributed by atoms with van der Waals surface area (Å²) in [6.07, 6.45) is 0.924. The van der Waals surface area contributed by atoms with Crippen molar-refractivity contribution in [3.05, 3.63) is 52.5 Å². The first kappa shape index (κ1) is 22.0. The van der Waals surface area contributed by atoms with E-state index in [2.05, 4.69) is 0 Å². The molecule has 9 heteroatoms. The van der Waals surface area contributed by atoms with Crippen molar-refractivity contribution < 1.29 is 28.6 Å². The van der Waals surface area contributed by atoms with Crippen LogP contribution in [0.25, 0.3) is 0 Å². The highest BCUT2D eigenvalue weighted by Crippen LogP contribution is 2.34. The fourth-order valence-electron chi connectivity index (χ4n) is 3.54. The number of carbonyl (C=O) groups is 3. The minimum absolute atomic E-state index is 0.0701. The van der Waals surface area contributed by atoms with Gasteiger partial charge in [-0.3, -0.25) is 9.59 Å². The molecule has 2 saturated heterocycles. The summed E-state index contributed by atoms with van der Waals surface area (Å²) < 4.78 is 16.5. The lowest BCUT2D eigenvalue weighted by Gasteiger charge is -2.31. The molecule has 0 aromatic heterocycles. The molecule has 1 unspecified atom stereocenters. The van der Waals surface area contributed by atoms with Gasteiger partial charge in [0.25, 0.3) is 11.8 Å². The average molecular weight is 459 g/mol. The molecule has 0 saturated carbocycles. The van der Waals surface area contributed by atoms with Gasteiger partial charge in [0.05, 0.1) is 17.7 Å². The van der Waals surface area contributed by atoms with Crippen molar-refractivity contribution in [3.8, 4) is 17.2 Å². The number of likely N-dealkylation sites (N-methyl/N-ethyl adjacent to an activating group) is 1. The first-order chi connectivity index (χ1) is 15.4. The van der Waals surface area contributed by atoms with E-state index in [0.717, 1.165) is 19.5 Å². The number of amides is 2. The van der Waals surface area contributed by atoms with Gasteiger partial charge in [0.2, 0.25) is 0 Å². The Morgan fingerprint density at radius 3 is 2.38 bits per heavy atom. The van der Waals surface area contributed by atoms with Crippen molar-refractivity contribution in [3.63, 3.8) is 0 Å². The van der Waals surface area contributed by atoms with Gasteiger partial charge < -0.3 is 24.0 Å². The molecule has 1 atom stereocenters. The third-order valence-electron chi connectivity index (χ3n) is 5.51. The lowest BCUT2D eigenvalue weighted by molar-refractivity contribution is -0.132. The highest BCUT2D eigenvalue weighted by Gasteiger charge is 2.31. The van der Waals surface area contributed by atoms with E-state index in [0.29, 0.717) is 30.0 Å². The van der Waals surface area contributed by atoms with Crippen molar-refractivity contribution in [2.45, 2.75) is 18.9 Å². The maximum absolute atomic E-state index is 12.4. The lowest BCUT2D eigenvalue weighted by atomic mass is 10.1. The second-order valence-electron chi connectivity index (χ2n) is 7.73. The van der Waals surface area contributed by atoms with E-state index in [9.17, 15) is 14.4 Å². The van der Waals surface area contributed by atoms with Gasteiger partial charge in [-0.05, 0) is 36.8 Å². The molecule has 2 aromatic carbocycles. The zero-order valence-corrected chi connectivity index (χ0v) is 18.6. The molecule has 2 amide bonds. The van der Waals surface area contributed by atoms with Crippen LogP contribution in [-0.2, 0) is 9.53 Å². The Hall–Kier alpha value is -3.26. The van der Waals surface area contributed by atoms with Gasteiger partial charge in [0.1, 0.15) is 17.2 Å². The molecule has 2 heterocycles. The number of esters is 1. The van der Waals surface area contributed by atoms with E-state index in [1.165, 1.54) is 19.2 Å². The number of likely N-dealkylation sites (tertiary alicyclic amines) is 2. The van der Waals surface area contributed by atoms with Gasteiger partial charge in [0, 0.05) is 44.7 Å². The van der Waals surface area contributed by atoms with Crippen LogP contribution in [0.3, 0.4) is 0 Å². The van der Waals surface area contributed by atoms with Gasteiger partial charge in [-0.2, -0.15) is 0 Å². The Bertz CT molecular complexity index is 1070. The molecule has 0 spiro atoms. The van der Waals surface area contributed by atoms with Crippen molar-refractivity contribution in [2.75, 3.05) is 33.8 Å². The van der Waals surface area contributed by atoms with E-state index in [1.807, 2.05) is 0 Å². The molecule has 0 aliphatic carbocycles. The third kappa shape index (κ3) is 4.50. The minimum Gasteiger partial charge on any atom is -0.480 e. The quantitative estimate of drug-likeness (QED) is 0.617. The first-order valence-electron chi connectivity index (χ1n) is 10.3. The highest BCUT2D eigenvalue weighted by atomic mass is 35.5. The molecule has 2 aliphatic heterocycles. The molecular formula is C23H23ClN2O6. The van der Waals surface area contributed by atoms with Gasteiger partial charge >= 0.3 is 5.97 Å². The van der Waals surface area contributed by atoms with Crippen LogP contribution in [0.15, 0.2) is 36.4 Å². The predicted molar refractivity (Wildman–Crippen MR) is 116 cm³/mol. The zero-order valence-electron chi connectivity index (χ0n) is 17.8. The summed E-state index contributed by atoms with van der Waals surface area (Å²) in [6, 6.07) is 9.39. The number of methoxy groups -OCH3 is 1. The Kier molecular flexibility index (Phi) is 6.23. The van der Waals surface area contributed by atoms with Crippen LogP contribution in [0.1, 0.15) is 33.6 Å². The van der Waals surface area contributed by atoms with Gasteiger partial charge in [-0.15, -0.1) is 0 Å². The first-order valence-corrected chi connectivity index (χ1v) is 10.6. The zero-order chi connectivity index (χ0) is 22.8. The van der Waals surface area contributed by atoms with Crippen LogP contribution in [0.2, 0.25) is 5.02 Å². The van der Waals surface area contributed by atoms with E-state index < -0.39 is 12.1 Å². The maximum Gasteiger partial charge on any atom is 0.338 e. The number of hydrogen-bond acceptors (Lipinski definition) is 6. The van der Waals surface area contributed by atoms with E-state index in [4.69, 9.17) is 25.8 Å². The second kappa shape index (κ2) is 9.08. The van der Waals surface area contributed by atoms with Gasteiger partial charge in [0.15, 0.2) is 6.10 Å². The summed E-state index contributed by atoms with van der Waals surface area (Å²) in [4.78, 5) is 40.1. The molecule has 2 fully saturated rings. The molecule has 0 N–H and O–H groups in total. The fraction of sp³-hybridized carbons (Fsp3) is 0.348. The molecule has 8 nitrogen and oxygen atoms in total. The van der Waals surface area contributed by atoms with E-state index in [-0.39, 0.29) is 28.1 Å². The minimum atomic E-state index is -0.629. The summed E-state index contributed by atoms with van der Waals surface area (Å²) >= 11 is 6.36. The summed E-state index contributed by atoms with van der Waals surface area (Å²) in [5.41, 5.74) is 0.692. The predicted octanol–water partition coefficient (Wildman–Crippen LogP) is 3.37. The van der Waals surface area contributed by atoms with Crippen LogP contribution in [-0.4, -0.2) is 67.5 Å². The SMILES string of the molecule is COC(=O)c1cc(Oc2ccc(C(=O)N3CCC3)cc2Cl)cc(OC2CCN(C)C2=O)c1. The average Bonchev–Trinajstić information content (AvgIpc) is 3.05. The lowest BCUT2D eigenvalue weighted by Crippen LogP contribution is -2.41. The van der Waals surface area contributed by atoms with Crippen molar-refractivity contribution in [1.82, 2.24) is 9.80 Å². The van der Waals surface area contributed by atoms with Gasteiger partial charge in [-0.1, -0.05) is 11.6 Å². The highest BCUT2D eigenvalue weighted by molar-refractivity contribution is 6.32. The summed E-state index contributed by atoms with van der Waals surface area (Å²) in [5, 5.41) is 0.259. The molecule has 32 heavy (non-hydrogen) atoms. The summed E-state index contributed by atoms with van der Waals surface area (Å²) in [6.45, 7) is 2.09. The molecule has 0 bridgehead atoms. The molecule has 0 radical (unpaired) electrons. The Morgan fingerprint density at radius 2 is 1.78 bits per heavy atom. The Morgan fingerprint density at radius 1 is 1.03 bits per heavy atom. The maximum atomic E-state index is 12.4. The Balaban J connectivity index is 1.57. The molecule has 2 aromatic rings. The summed E-state index contributed by atoms with van der Waals surface area (Å²) in [7, 11) is 2.99. The van der Waals surface area contributed by atoms with Crippen LogP contribution in [0.5, 0.6) is 17.2 Å². The molecule has 168 valence electrons. The van der Waals surface area contributed by atoms with Crippen molar-refractivity contribution in [2.24, 2.45) is 0 Å². The topological polar surface area (TPSA) is 85.4 Å².